The van der Waals surface area contributed by atoms with Crippen LogP contribution in [-0.2, 0) is 16.0 Å². The molecule has 144 valence electrons. The number of benzene rings is 2. The molecule has 2 N–H and O–H groups in total. The lowest BCUT2D eigenvalue weighted by atomic mass is 10.0. The molecule has 0 aliphatic carbocycles. The number of anilines is 1. The summed E-state index contributed by atoms with van der Waals surface area (Å²) >= 11 is 1.57. The van der Waals surface area contributed by atoms with E-state index in [2.05, 4.69) is 15.6 Å². The first-order valence-electron chi connectivity index (χ1n) is 9.17. The summed E-state index contributed by atoms with van der Waals surface area (Å²) in [5, 5.41) is 8.62. The quantitative estimate of drug-likeness (QED) is 0.634. The fourth-order valence-corrected chi connectivity index (χ4v) is 3.47. The van der Waals surface area contributed by atoms with Crippen LogP contribution in [0, 0.1) is 5.92 Å². The van der Waals surface area contributed by atoms with Gasteiger partial charge in [-0.3, -0.25) is 9.59 Å². The molecule has 1 aromatic heterocycles. The summed E-state index contributed by atoms with van der Waals surface area (Å²) in [5.41, 5.74) is 2.61. The third kappa shape index (κ3) is 5.27. The number of carbonyl (C=O) groups is 2. The number of aromatic nitrogens is 1. The van der Waals surface area contributed by atoms with E-state index in [4.69, 9.17) is 0 Å². The second-order valence-corrected chi connectivity index (χ2v) is 7.75. The smallest absolute Gasteiger partial charge is 0.247 e. The zero-order chi connectivity index (χ0) is 19.9. The SMILES string of the molecule is CC(C)[C@H](NC(=O)Cc1ccccc1)C(=O)Nc1ccc(-c2nccs2)cc1. The van der Waals surface area contributed by atoms with E-state index in [0.29, 0.717) is 5.69 Å². The largest absolute Gasteiger partial charge is 0.344 e. The lowest BCUT2D eigenvalue weighted by Gasteiger charge is -2.22. The number of rotatable bonds is 7. The number of hydrogen-bond acceptors (Lipinski definition) is 4. The van der Waals surface area contributed by atoms with Crippen LogP contribution in [0.25, 0.3) is 10.6 Å². The minimum Gasteiger partial charge on any atom is -0.344 e. The van der Waals surface area contributed by atoms with Crippen LogP contribution in [0.3, 0.4) is 0 Å². The molecule has 0 saturated carbocycles. The molecule has 3 aromatic rings. The van der Waals surface area contributed by atoms with Crippen molar-refractivity contribution >= 4 is 28.8 Å². The van der Waals surface area contributed by atoms with E-state index in [9.17, 15) is 9.59 Å². The Morgan fingerprint density at radius 3 is 2.36 bits per heavy atom. The number of carbonyl (C=O) groups excluding carboxylic acids is 2. The lowest BCUT2D eigenvalue weighted by molar-refractivity contribution is -0.127. The van der Waals surface area contributed by atoms with E-state index >= 15 is 0 Å². The van der Waals surface area contributed by atoms with Crippen LogP contribution in [0.4, 0.5) is 5.69 Å². The number of hydrogen-bond donors (Lipinski definition) is 2. The summed E-state index contributed by atoms with van der Waals surface area (Å²) < 4.78 is 0. The van der Waals surface area contributed by atoms with Gasteiger partial charge >= 0.3 is 0 Å². The Kier molecular flexibility index (Phi) is 6.55. The molecule has 0 aliphatic rings. The van der Waals surface area contributed by atoms with Gasteiger partial charge in [0, 0.05) is 22.8 Å². The van der Waals surface area contributed by atoms with Crippen LogP contribution in [0.15, 0.2) is 66.2 Å². The zero-order valence-electron chi connectivity index (χ0n) is 15.9. The first-order valence-corrected chi connectivity index (χ1v) is 10.0. The zero-order valence-corrected chi connectivity index (χ0v) is 16.7. The topological polar surface area (TPSA) is 71.1 Å². The molecule has 5 nitrogen and oxygen atoms in total. The Bertz CT molecular complexity index is 907. The molecule has 0 bridgehead atoms. The Balaban J connectivity index is 1.62. The molecule has 0 aliphatic heterocycles. The van der Waals surface area contributed by atoms with Gasteiger partial charge in [-0.05, 0) is 35.7 Å². The second-order valence-electron chi connectivity index (χ2n) is 6.86. The Labute approximate surface area is 168 Å². The van der Waals surface area contributed by atoms with E-state index in [-0.39, 0.29) is 24.2 Å². The maximum absolute atomic E-state index is 12.7. The van der Waals surface area contributed by atoms with E-state index in [1.165, 1.54) is 0 Å². The van der Waals surface area contributed by atoms with Gasteiger partial charge in [0.05, 0.1) is 6.42 Å². The summed E-state index contributed by atoms with van der Waals surface area (Å²) in [6.45, 7) is 3.83. The fourth-order valence-electron chi connectivity index (χ4n) is 2.82. The summed E-state index contributed by atoms with van der Waals surface area (Å²) in [7, 11) is 0. The standard InChI is InChI=1S/C22H23N3O2S/c1-15(2)20(25-19(26)14-16-6-4-3-5-7-16)21(27)24-18-10-8-17(9-11-18)22-23-12-13-28-22/h3-13,15,20H,14H2,1-2H3,(H,24,27)(H,25,26)/t20-/m0/s1. The van der Waals surface area contributed by atoms with Gasteiger partial charge in [-0.2, -0.15) is 0 Å². The monoisotopic (exact) mass is 393 g/mol. The molecule has 1 heterocycles. The molecule has 6 heteroatoms. The van der Waals surface area contributed by atoms with Crippen molar-refractivity contribution in [1.29, 1.82) is 0 Å². The molecule has 2 amide bonds. The van der Waals surface area contributed by atoms with Gasteiger partial charge in [0.1, 0.15) is 11.0 Å². The first kappa shape index (κ1) is 19.8. The summed E-state index contributed by atoms with van der Waals surface area (Å²) in [6, 6.07) is 16.4. The molecule has 2 aromatic carbocycles. The summed E-state index contributed by atoms with van der Waals surface area (Å²) in [5.74, 6) is -0.424. The molecule has 0 saturated heterocycles. The van der Waals surface area contributed by atoms with Crippen molar-refractivity contribution in [3.05, 3.63) is 71.7 Å². The first-order chi connectivity index (χ1) is 13.5. The van der Waals surface area contributed by atoms with Crippen LogP contribution in [0.2, 0.25) is 0 Å². The van der Waals surface area contributed by atoms with Crippen molar-refractivity contribution in [2.45, 2.75) is 26.3 Å². The van der Waals surface area contributed by atoms with Gasteiger partial charge in [-0.1, -0.05) is 44.2 Å². The predicted molar refractivity (Wildman–Crippen MR) is 113 cm³/mol. The van der Waals surface area contributed by atoms with Crippen molar-refractivity contribution in [3.8, 4) is 10.6 Å². The number of amides is 2. The van der Waals surface area contributed by atoms with E-state index in [1.807, 2.05) is 73.8 Å². The maximum atomic E-state index is 12.7. The highest BCUT2D eigenvalue weighted by Gasteiger charge is 2.24. The van der Waals surface area contributed by atoms with Crippen molar-refractivity contribution in [1.82, 2.24) is 10.3 Å². The normalized spacial score (nSPS) is 11.8. The van der Waals surface area contributed by atoms with Gasteiger partial charge in [0.15, 0.2) is 0 Å². The van der Waals surface area contributed by atoms with E-state index in [1.54, 1.807) is 17.5 Å². The fraction of sp³-hybridized carbons (Fsp3) is 0.227. The molecule has 3 rings (SSSR count). The molecular weight excluding hydrogens is 370 g/mol. The van der Waals surface area contributed by atoms with Gasteiger partial charge in [-0.25, -0.2) is 4.98 Å². The van der Waals surface area contributed by atoms with Crippen LogP contribution < -0.4 is 10.6 Å². The molecule has 1 atom stereocenters. The van der Waals surface area contributed by atoms with Crippen molar-refractivity contribution in [2.75, 3.05) is 5.32 Å². The minimum atomic E-state index is -0.602. The van der Waals surface area contributed by atoms with Gasteiger partial charge < -0.3 is 10.6 Å². The van der Waals surface area contributed by atoms with Crippen molar-refractivity contribution in [2.24, 2.45) is 5.92 Å². The third-order valence-electron chi connectivity index (χ3n) is 4.30. The number of thiazole rings is 1. The molecule has 0 fully saturated rings. The van der Waals surface area contributed by atoms with Gasteiger partial charge in [0.25, 0.3) is 0 Å². The number of nitrogens with one attached hydrogen (secondary N) is 2. The highest BCUT2D eigenvalue weighted by molar-refractivity contribution is 7.13. The summed E-state index contributed by atoms with van der Waals surface area (Å²) in [4.78, 5) is 29.4. The molecule has 0 radical (unpaired) electrons. The second kappa shape index (κ2) is 9.28. The summed E-state index contributed by atoms with van der Waals surface area (Å²) in [6.07, 6.45) is 2.01. The Hall–Kier alpha value is -2.99. The Morgan fingerprint density at radius 1 is 1.04 bits per heavy atom. The highest BCUT2D eigenvalue weighted by atomic mass is 32.1. The van der Waals surface area contributed by atoms with E-state index in [0.717, 1.165) is 16.1 Å². The molecule has 0 unspecified atom stereocenters. The molecular formula is C22H23N3O2S. The highest BCUT2D eigenvalue weighted by Crippen LogP contribution is 2.23. The maximum Gasteiger partial charge on any atom is 0.247 e. The Morgan fingerprint density at radius 2 is 1.75 bits per heavy atom. The predicted octanol–water partition coefficient (Wildman–Crippen LogP) is 4.13. The van der Waals surface area contributed by atoms with E-state index < -0.39 is 6.04 Å². The molecule has 0 spiro atoms. The average Bonchev–Trinajstić information content (AvgIpc) is 3.22. The van der Waals surface area contributed by atoms with Crippen LogP contribution in [-0.4, -0.2) is 22.8 Å². The third-order valence-corrected chi connectivity index (χ3v) is 5.13. The molecule has 28 heavy (non-hydrogen) atoms. The minimum absolute atomic E-state index is 0.0330. The van der Waals surface area contributed by atoms with Gasteiger partial charge in [0.2, 0.25) is 11.8 Å². The van der Waals surface area contributed by atoms with Crippen molar-refractivity contribution < 1.29 is 9.59 Å². The van der Waals surface area contributed by atoms with Crippen molar-refractivity contribution in [3.63, 3.8) is 0 Å². The van der Waals surface area contributed by atoms with Crippen LogP contribution in [0.5, 0.6) is 0 Å². The number of nitrogens with zero attached hydrogens (tertiary/aromatic N) is 1. The van der Waals surface area contributed by atoms with Crippen LogP contribution >= 0.6 is 11.3 Å². The lowest BCUT2D eigenvalue weighted by Crippen LogP contribution is -2.47. The average molecular weight is 394 g/mol. The van der Waals surface area contributed by atoms with Gasteiger partial charge in [-0.15, -0.1) is 11.3 Å². The van der Waals surface area contributed by atoms with Crippen LogP contribution in [0.1, 0.15) is 19.4 Å².